The fourth-order valence-corrected chi connectivity index (χ4v) is 2.37. The van der Waals surface area contributed by atoms with Gasteiger partial charge in [0.2, 0.25) is 0 Å². The molecular weight excluding hydrogens is 286 g/mol. The van der Waals surface area contributed by atoms with Gasteiger partial charge in [-0.05, 0) is 26.3 Å². The zero-order chi connectivity index (χ0) is 16.3. The number of carboxylic acids is 1. The summed E-state index contributed by atoms with van der Waals surface area (Å²) in [4.78, 5) is 27.7. The van der Waals surface area contributed by atoms with E-state index >= 15 is 0 Å². The van der Waals surface area contributed by atoms with Crippen molar-refractivity contribution in [1.82, 2.24) is 15.5 Å². The molecule has 0 bridgehead atoms. The molecule has 0 aromatic carbocycles. The number of hydrogen-bond acceptors (Lipinski definition) is 5. The van der Waals surface area contributed by atoms with Crippen LogP contribution >= 0.6 is 0 Å². The number of carbonyl (C=O) groups excluding carboxylic acids is 1. The third-order valence-corrected chi connectivity index (χ3v) is 3.49. The van der Waals surface area contributed by atoms with Crippen molar-refractivity contribution in [1.29, 1.82) is 0 Å². The topological polar surface area (TPSA) is 105 Å². The molecule has 0 spiro atoms. The molecule has 1 amide bonds. The quantitative estimate of drug-likeness (QED) is 0.846. The first-order valence-electron chi connectivity index (χ1n) is 7.18. The summed E-state index contributed by atoms with van der Waals surface area (Å²) in [6, 6.07) is 1.65. The van der Waals surface area contributed by atoms with Crippen molar-refractivity contribution in [3.63, 3.8) is 0 Å². The highest BCUT2D eigenvalue weighted by Crippen LogP contribution is 2.21. The summed E-state index contributed by atoms with van der Waals surface area (Å²) >= 11 is 0. The molecule has 1 unspecified atom stereocenters. The van der Waals surface area contributed by atoms with Gasteiger partial charge in [0.25, 0.3) is 11.6 Å². The van der Waals surface area contributed by atoms with Crippen LogP contribution in [0.15, 0.2) is 10.6 Å². The second-order valence-corrected chi connectivity index (χ2v) is 5.29. The summed E-state index contributed by atoms with van der Waals surface area (Å²) < 4.78 is 5.09. The Kier molecular flexibility index (Phi) is 4.75. The molecule has 7 heteroatoms. The van der Waals surface area contributed by atoms with Crippen LogP contribution < -0.4 is 5.32 Å². The number of nitrogens with one attached hydrogen (secondary N) is 1. The van der Waals surface area contributed by atoms with E-state index in [4.69, 9.17) is 9.63 Å². The molecule has 1 atom stereocenters. The van der Waals surface area contributed by atoms with E-state index in [1.54, 1.807) is 19.9 Å². The van der Waals surface area contributed by atoms with Crippen LogP contribution in [0.3, 0.4) is 0 Å². The number of pyridine rings is 1. The smallest absolute Gasteiger partial charge is 0.308 e. The van der Waals surface area contributed by atoms with Crippen LogP contribution in [-0.2, 0) is 4.79 Å². The van der Waals surface area contributed by atoms with Gasteiger partial charge < -0.3 is 14.9 Å². The van der Waals surface area contributed by atoms with Gasteiger partial charge in [0.05, 0.1) is 22.6 Å². The lowest BCUT2D eigenvalue weighted by molar-refractivity contribution is -0.141. The van der Waals surface area contributed by atoms with Crippen molar-refractivity contribution in [3.8, 4) is 0 Å². The average molecular weight is 305 g/mol. The van der Waals surface area contributed by atoms with Gasteiger partial charge >= 0.3 is 5.97 Å². The Morgan fingerprint density at radius 1 is 1.41 bits per heavy atom. The summed E-state index contributed by atoms with van der Waals surface area (Å²) in [5, 5.41) is 16.2. The molecule has 118 valence electrons. The van der Waals surface area contributed by atoms with Gasteiger partial charge in [-0.25, -0.2) is 4.98 Å². The number of carboxylic acid groups (broad SMARTS) is 1. The summed E-state index contributed by atoms with van der Waals surface area (Å²) in [6.07, 6.45) is 1.27. The largest absolute Gasteiger partial charge is 0.481 e. The van der Waals surface area contributed by atoms with Gasteiger partial charge in [0.15, 0.2) is 0 Å². The van der Waals surface area contributed by atoms with E-state index in [9.17, 15) is 9.59 Å². The van der Waals surface area contributed by atoms with Crippen molar-refractivity contribution in [2.45, 2.75) is 33.6 Å². The molecule has 0 fully saturated rings. The number of amides is 1. The second kappa shape index (κ2) is 6.55. The van der Waals surface area contributed by atoms with Crippen LogP contribution in [-0.4, -0.2) is 33.7 Å². The molecule has 7 nitrogen and oxygen atoms in total. The number of aryl methyl sites for hydroxylation is 2. The fourth-order valence-electron chi connectivity index (χ4n) is 2.37. The molecule has 2 rings (SSSR count). The Labute approximate surface area is 127 Å². The van der Waals surface area contributed by atoms with Gasteiger partial charge in [-0.3, -0.25) is 9.59 Å². The maximum atomic E-state index is 12.4. The summed E-state index contributed by atoms with van der Waals surface area (Å²) in [6.45, 7) is 5.49. The number of aromatic nitrogens is 2. The van der Waals surface area contributed by atoms with Gasteiger partial charge in [-0.1, -0.05) is 18.5 Å². The van der Waals surface area contributed by atoms with Gasteiger partial charge in [0.1, 0.15) is 0 Å². The van der Waals surface area contributed by atoms with E-state index in [2.05, 4.69) is 15.5 Å². The Balaban J connectivity index is 2.23. The van der Waals surface area contributed by atoms with Crippen molar-refractivity contribution in [2.75, 3.05) is 6.54 Å². The van der Waals surface area contributed by atoms with Crippen LogP contribution in [0.2, 0.25) is 0 Å². The van der Waals surface area contributed by atoms with Crippen molar-refractivity contribution in [2.24, 2.45) is 5.92 Å². The maximum Gasteiger partial charge on any atom is 0.308 e. The second-order valence-electron chi connectivity index (χ2n) is 5.29. The average Bonchev–Trinajstić information content (AvgIpc) is 2.83. The van der Waals surface area contributed by atoms with Crippen molar-refractivity contribution in [3.05, 3.63) is 23.0 Å². The minimum absolute atomic E-state index is 0.0925. The minimum atomic E-state index is -0.903. The SMILES string of the molecule is CCCC(CNC(=O)c1cc(C)nc2onc(C)c12)C(=O)O. The molecule has 0 aliphatic heterocycles. The third-order valence-electron chi connectivity index (χ3n) is 3.49. The number of carbonyl (C=O) groups is 2. The number of rotatable bonds is 6. The van der Waals surface area contributed by atoms with E-state index in [0.29, 0.717) is 34.5 Å². The van der Waals surface area contributed by atoms with Crippen LogP contribution in [0, 0.1) is 19.8 Å². The van der Waals surface area contributed by atoms with Crippen LogP contribution in [0.5, 0.6) is 0 Å². The highest BCUT2D eigenvalue weighted by molar-refractivity contribution is 6.06. The highest BCUT2D eigenvalue weighted by Gasteiger charge is 2.21. The normalized spacial score (nSPS) is 12.3. The number of nitrogens with zero attached hydrogens (tertiary/aromatic N) is 2. The molecule has 2 aromatic rings. The lowest BCUT2D eigenvalue weighted by Gasteiger charge is -2.12. The molecule has 2 N–H and O–H groups in total. The molecule has 0 aliphatic rings. The first kappa shape index (κ1) is 15.9. The number of fused-ring (bicyclic) bond motifs is 1. The fraction of sp³-hybridized carbons (Fsp3) is 0.467. The zero-order valence-corrected chi connectivity index (χ0v) is 12.8. The molecule has 0 saturated heterocycles. The van der Waals surface area contributed by atoms with Crippen molar-refractivity contribution >= 4 is 23.0 Å². The van der Waals surface area contributed by atoms with Gasteiger partial charge in [0, 0.05) is 12.2 Å². The Hall–Kier alpha value is -2.44. The van der Waals surface area contributed by atoms with E-state index in [1.165, 1.54) is 0 Å². The van der Waals surface area contributed by atoms with E-state index in [1.807, 2.05) is 6.92 Å². The molecule has 22 heavy (non-hydrogen) atoms. The predicted molar refractivity (Wildman–Crippen MR) is 79.6 cm³/mol. The van der Waals surface area contributed by atoms with E-state index < -0.39 is 11.9 Å². The summed E-state index contributed by atoms with van der Waals surface area (Å²) in [5.74, 6) is -1.83. The number of hydrogen-bond donors (Lipinski definition) is 2. The van der Waals surface area contributed by atoms with Crippen LogP contribution in [0.25, 0.3) is 11.1 Å². The minimum Gasteiger partial charge on any atom is -0.481 e. The first-order chi connectivity index (χ1) is 10.4. The monoisotopic (exact) mass is 305 g/mol. The first-order valence-corrected chi connectivity index (χ1v) is 7.18. The van der Waals surface area contributed by atoms with Crippen molar-refractivity contribution < 1.29 is 19.2 Å². The van der Waals surface area contributed by atoms with Crippen LogP contribution in [0.1, 0.15) is 41.5 Å². The Morgan fingerprint density at radius 2 is 2.14 bits per heavy atom. The molecule has 0 radical (unpaired) electrons. The highest BCUT2D eigenvalue weighted by atomic mass is 16.5. The van der Waals surface area contributed by atoms with Gasteiger partial charge in [-0.15, -0.1) is 0 Å². The summed E-state index contributed by atoms with van der Waals surface area (Å²) in [7, 11) is 0. The summed E-state index contributed by atoms with van der Waals surface area (Å²) in [5.41, 5.74) is 1.93. The molecule has 2 aromatic heterocycles. The lowest BCUT2D eigenvalue weighted by atomic mass is 10.0. The molecule has 0 saturated carbocycles. The van der Waals surface area contributed by atoms with Crippen LogP contribution in [0.4, 0.5) is 0 Å². The Morgan fingerprint density at radius 3 is 2.77 bits per heavy atom. The van der Waals surface area contributed by atoms with E-state index in [-0.39, 0.29) is 12.5 Å². The van der Waals surface area contributed by atoms with Gasteiger partial charge in [-0.2, -0.15) is 0 Å². The standard InChI is InChI=1S/C15H19N3O4/c1-4-5-10(15(20)21)7-16-13(19)11-6-8(2)17-14-12(11)9(3)18-22-14/h6,10H,4-5,7H2,1-3H3,(H,16,19)(H,20,21). The lowest BCUT2D eigenvalue weighted by Crippen LogP contribution is -2.33. The predicted octanol–water partition coefficient (Wildman–Crippen LogP) is 2.07. The molecule has 2 heterocycles. The molecular formula is C15H19N3O4. The number of aliphatic carboxylic acids is 1. The molecule has 0 aliphatic carbocycles. The third kappa shape index (κ3) is 3.24. The maximum absolute atomic E-state index is 12.4. The van der Waals surface area contributed by atoms with E-state index in [0.717, 1.165) is 6.42 Å². The zero-order valence-electron chi connectivity index (χ0n) is 12.8. The Bertz CT molecular complexity index is 708.